The Kier molecular flexibility index (Phi) is 3.21. The summed E-state index contributed by atoms with van der Waals surface area (Å²) >= 11 is 0. The van der Waals surface area contributed by atoms with Crippen LogP contribution in [0.15, 0.2) is 24.3 Å². The van der Waals surface area contributed by atoms with Gasteiger partial charge in [0.05, 0.1) is 18.3 Å². The van der Waals surface area contributed by atoms with Crippen LogP contribution in [0.1, 0.15) is 19.3 Å². The monoisotopic (exact) mass is 209 g/mol. The molecule has 0 radical (unpaired) electrons. The summed E-state index contributed by atoms with van der Waals surface area (Å²) in [6.45, 7) is 0.945. The molecule has 2 nitrogen and oxygen atoms in total. The largest absolute Gasteiger partial charge is 0.394 e. The third-order valence-electron chi connectivity index (χ3n) is 3.00. The van der Waals surface area contributed by atoms with Gasteiger partial charge in [0.15, 0.2) is 0 Å². The Hall–Kier alpha value is -1.09. The Balaban J connectivity index is 2.24. The molecule has 3 heteroatoms. The van der Waals surface area contributed by atoms with Gasteiger partial charge in [-0.05, 0) is 31.4 Å². The quantitative estimate of drug-likeness (QED) is 0.807. The number of halogens is 1. The summed E-state index contributed by atoms with van der Waals surface area (Å²) in [7, 11) is 0. The Morgan fingerprint density at radius 2 is 2.13 bits per heavy atom. The van der Waals surface area contributed by atoms with Crippen LogP contribution in [-0.4, -0.2) is 24.3 Å². The highest BCUT2D eigenvalue weighted by Gasteiger charge is 2.23. The van der Waals surface area contributed by atoms with Gasteiger partial charge < -0.3 is 10.0 Å². The van der Waals surface area contributed by atoms with Crippen LogP contribution in [0.5, 0.6) is 0 Å². The minimum absolute atomic E-state index is 0.0793. The molecule has 1 atom stereocenters. The first-order valence-corrected chi connectivity index (χ1v) is 5.45. The van der Waals surface area contributed by atoms with Crippen molar-refractivity contribution in [3.8, 4) is 0 Å². The van der Waals surface area contributed by atoms with E-state index in [1.165, 1.54) is 6.07 Å². The lowest BCUT2D eigenvalue weighted by Gasteiger charge is -2.36. The lowest BCUT2D eigenvalue weighted by Crippen LogP contribution is -2.42. The number of para-hydroxylation sites is 1. The third-order valence-corrected chi connectivity index (χ3v) is 3.00. The summed E-state index contributed by atoms with van der Waals surface area (Å²) in [5, 5.41) is 9.25. The molecule has 0 spiro atoms. The van der Waals surface area contributed by atoms with E-state index in [0.29, 0.717) is 5.69 Å². The molecule has 0 saturated carbocycles. The number of hydrogen-bond acceptors (Lipinski definition) is 2. The summed E-state index contributed by atoms with van der Waals surface area (Å²) in [4.78, 5) is 1.98. The lowest BCUT2D eigenvalue weighted by atomic mass is 10.0. The number of piperidine rings is 1. The van der Waals surface area contributed by atoms with E-state index in [4.69, 9.17) is 0 Å². The predicted molar refractivity (Wildman–Crippen MR) is 58.5 cm³/mol. The van der Waals surface area contributed by atoms with Crippen molar-refractivity contribution >= 4 is 5.69 Å². The number of anilines is 1. The van der Waals surface area contributed by atoms with Crippen molar-refractivity contribution in [1.29, 1.82) is 0 Å². The van der Waals surface area contributed by atoms with Crippen molar-refractivity contribution < 1.29 is 9.50 Å². The van der Waals surface area contributed by atoms with Crippen LogP contribution in [0, 0.1) is 5.82 Å². The summed E-state index contributed by atoms with van der Waals surface area (Å²) in [6.07, 6.45) is 3.14. The minimum atomic E-state index is -0.196. The highest BCUT2D eigenvalue weighted by atomic mass is 19.1. The average molecular weight is 209 g/mol. The van der Waals surface area contributed by atoms with Crippen LogP contribution in [0.25, 0.3) is 0 Å². The van der Waals surface area contributed by atoms with E-state index in [2.05, 4.69) is 0 Å². The van der Waals surface area contributed by atoms with E-state index in [0.717, 1.165) is 25.8 Å². The molecule has 1 N–H and O–H groups in total. The van der Waals surface area contributed by atoms with Crippen molar-refractivity contribution in [2.75, 3.05) is 18.1 Å². The second-order valence-electron chi connectivity index (χ2n) is 3.98. The maximum Gasteiger partial charge on any atom is 0.146 e. The third kappa shape index (κ3) is 2.12. The molecule has 82 valence electrons. The van der Waals surface area contributed by atoms with Gasteiger partial charge >= 0.3 is 0 Å². The highest BCUT2D eigenvalue weighted by Crippen LogP contribution is 2.26. The molecule has 1 unspecified atom stereocenters. The van der Waals surface area contributed by atoms with Crippen molar-refractivity contribution in [3.05, 3.63) is 30.1 Å². The Morgan fingerprint density at radius 3 is 2.87 bits per heavy atom. The van der Waals surface area contributed by atoms with E-state index >= 15 is 0 Å². The van der Waals surface area contributed by atoms with Gasteiger partial charge in [0, 0.05) is 6.54 Å². The molecule has 15 heavy (non-hydrogen) atoms. The van der Waals surface area contributed by atoms with Crippen LogP contribution in [-0.2, 0) is 0 Å². The standard InChI is InChI=1S/C12H16FNO/c13-11-6-1-2-7-12(11)14-8-4-3-5-10(14)9-15/h1-2,6-7,10,15H,3-5,8-9H2. The normalized spacial score (nSPS) is 21.7. The van der Waals surface area contributed by atoms with Gasteiger partial charge in [0.25, 0.3) is 0 Å². The minimum Gasteiger partial charge on any atom is -0.394 e. The smallest absolute Gasteiger partial charge is 0.146 e. The van der Waals surface area contributed by atoms with Crippen molar-refractivity contribution in [3.63, 3.8) is 0 Å². The van der Waals surface area contributed by atoms with Crippen LogP contribution < -0.4 is 4.90 Å². The molecule has 1 aliphatic rings. The van der Waals surface area contributed by atoms with Gasteiger partial charge in [-0.1, -0.05) is 12.1 Å². The summed E-state index contributed by atoms with van der Waals surface area (Å²) in [5.41, 5.74) is 0.622. The van der Waals surface area contributed by atoms with Crippen molar-refractivity contribution in [2.45, 2.75) is 25.3 Å². The average Bonchev–Trinajstić information content (AvgIpc) is 2.30. The van der Waals surface area contributed by atoms with Crippen molar-refractivity contribution in [2.24, 2.45) is 0 Å². The molecule has 1 saturated heterocycles. The molecule has 1 fully saturated rings. The number of nitrogens with zero attached hydrogens (tertiary/aromatic N) is 1. The van der Waals surface area contributed by atoms with E-state index in [-0.39, 0.29) is 18.5 Å². The molecule has 0 amide bonds. The molecule has 0 bridgehead atoms. The molecule has 2 rings (SSSR count). The zero-order valence-electron chi connectivity index (χ0n) is 8.69. The van der Waals surface area contributed by atoms with E-state index in [9.17, 15) is 9.50 Å². The van der Waals surface area contributed by atoms with Crippen LogP contribution in [0.3, 0.4) is 0 Å². The van der Waals surface area contributed by atoms with E-state index in [1.54, 1.807) is 12.1 Å². The van der Waals surface area contributed by atoms with Gasteiger partial charge in [-0.3, -0.25) is 0 Å². The first kappa shape index (κ1) is 10.4. The number of aliphatic hydroxyl groups is 1. The molecule has 0 aliphatic carbocycles. The zero-order valence-corrected chi connectivity index (χ0v) is 8.69. The second kappa shape index (κ2) is 4.62. The first-order chi connectivity index (χ1) is 7.33. The van der Waals surface area contributed by atoms with E-state index < -0.39 is 0 Å². The number of aliphatic hydroxyl groups excluding tert-OH is 1. The molecule has 0 aromatic heterocycles. The van der Waals surface area contributed by atoms with Gasteiger partial charge in [0.1, 0.15) is 5.82 Å². The summed E-state index contributed by atoms with van der Waals surface area (Å²) in [6, 6.07) is 6.86. The second-order valence-corrected chi connectivity index (χ2v) is 3.98. The molecule has 1 aromatic carbocycles. The number of hydrogen-bond donors (Lipinski definition) is 1. The van der Waals surface area contributed by atoms with Crippen LogP contribution in [0.4, 0.5) is 10.1 Å². The van der Waals surface area contributed by atoms with Gasteiger partial charge in [0.2, 0.25) is 0 Å². The fourth-order valence-corrected chi connectivity index (χ4v) is 2.19. The topological polar surface area (TPSA) is 23.5 Å². The van der Waals surface area contributed by atoms with Gasteiger partial charge in [-0.25, -0.2) is 4.39 Å². The SMILES string of the molecule is OCC1CCCCN1c1ccccc1F. The molecule has 1 aliphatic heterocycles. The molecule has 1 aromatic rings. The van der Waals surface area contributed by atoms with Gasteiger partial charge in [-0.15, -0.1) is 0 Å². The fourth-order valence-electron chi connectivity index (χ4n) is 2.19. The zero-order chi connectivity index (χ0) is 10.7. The molecular weight excluding hydrogens is 193 g/mol. The Labute approximate surface area is 89.3 Å². The Bertz CT molecular complexity index is 329. The number of benzene rings is 1. The van der Waals surface area contributed by atoms with Crippen molar-refractivity contribution in [1.82, 2.24) is 0 Å². The Morgan fingerprint density at radius 1 is 1.33 bits per heavy atom. The van der Waals surface area contributed by atoms with Crippen LogP contribution >= 0.6 is 0 Å². The van der Waals surface area contributed by atoms with E-state index in [1.807, 2.05) is 11.0 Å². The number of rotatable bonds is 2. The van der Waals surface area contributed by atoms with Crippen LogP contribution in [0.2, 0.25) is 0 Å². The fraction of sp³-hybridized carbons (Fsp3) is 0.500. The highest BCUT2D eigenvalue weighted by molar-refractivity contribution is 5.49. The summed E-state index contributed by atoms with van der Waals surface area (Å²) < 4.78 is 13.6. The lowest BCUT2D eigenvalue weighted by molar-refractivity contribution is 0.239. The summed E-state index contributed by atoms with van der Waals surface area (Å²) in [5.74, 6) is -0.196. The molecule has 1 heterocycles. The predicted octanol–water partition coefficient (Wildman–Crippen LogP) is 2.18. The maximum absolute atomic E-state index is 13.6. The van der Waals surface area contributed by atoms with Gasteiger partial charge in [-0.2, -0.15) is 0 Å². The molecular formula is C12H16FNO. The maximum atomic E-state index is 13.6. The first-order valence-electron chi connectivity index (χ1n) is 5.45.